The highest BCUT2D eigenvalue weighted by molar-refractivity contribution is 6.30. The van der Waals surface area contributed by atoms with E-state index in [1.165, 1.54) is 16.8 Å². The van der Waals surface area contributed by atoms with Crippen LogP contribution in [0.25, 0.3) is 0 Å². The summed E-state index contributed by atoms with van der Waals surface area (Å²) in [5.41, 5.74) is 3.67. The summed E-state index contributed by atoms with van der Waals surface area (Å²) in [5.74, 6) is 0.892. The van der Waals surface area contributed by atoms with Crippen LogP contribution in [0.1, 0.15) is 22.6 Å². The second-order valence-corrected chi connectivity index (χ2v) is 5.25. The van der Waals surface area contributed by atoms with Crippen molar-refractivity contribution in [3.05, 3.63) is 58.1 Å². The molecule has 3 nitrogen and oxygen atoms in total. The minimum absolute atomic E-state index is 0.762. The normalized spacial score (nSPS) is 14.8. The molecule has 1 N–H and O–H groups in total. The van der Waals surface area contributed by atoms with E-state index in [1.807, 2.05) is 30.5 Å². The van der Waals surface area contributed by atoms with Gasteiger partial charge in [-0.2, -0.15) is 0 Å². The molecular weight excluding hydrogens is 258 g/mol. The lowest BCUT2D eigenvalue weighted by Crippen LogP contribution is -2.16. The van der Waals surface area contributed by atoms with E-state index in [1.54, 1.807) is 0 Å². The van der Waals surface area contributed by atoms with Crippen molar-refractivity contribution < 1.29 is 0 Å². The Kier molecular flexibility index (Phi) is 3.76. The van der Waals surface area contributed by atoms with Crippen LogP contribution < -0.4 is 5.32 Å². The SMILES string of the molecule is Clc1ccc(Cc2ncc3c(n2)CCNCC3)cc1. The molecule has 2 aromatic rings. The first kappa shape index (κ1) is 12.6. The summed E-state index contributed by atoms with van der Waals surface area (Å²) in [4.78, 5) is 9.19. The van der Waals surface area contributed by atoms with Crippen LogP contribution >= 0.6 is 11.6 Å². The summed E-state index contributed by atoms with van der Waals surface area (Å²) < 4.78 is 0. The average Bonchev–Trinajstić information content (AvgIpc) is 2.66. The van der Waals surface area contributed by atoms with Gasteiger partial charge < -0.3 is 5.32 Å². The van der Waals surface area contributed by atoms with Gasteiger partial charge in [-0.3, -0.25) is 0 Å². The number of hydrogen-bond donors (Lipinski definition) is 1. The Morgan fingerprint density at radius 2 is 1.89 bits per heavy atom. The second-order valence-electron chi connectivity index (χ2n) is 4.81. The van der Waals surface area contributed by atoms with Gasteiger partial charge in [0.1, 0.15) is 5.82 Å². The van der Waals surface area contributed by atoms with Gasteiger partial charge in [0, 0.05) is 36.3 Å². The van der Waals surface area contributed by atoms with Crippen LogP contribution in [0, 0.1) is 0 Å². The number of rotatable bonds is 2. The van der Waals surface area contributed by atoms with Gasteiger partial charge in [0.05, 0.1) is 0 Å². The fourth-order valence-electron chi connectivity index (χ4n) is 2.33. The quantitative estimate of drug-likeness (QED) is 0.913. The van der Waals surface area contributed by atoms with E-state index < -0.39 is 0 Å². The number of halogens is 1. The summed E-state index contributed by atoms with van der Waals surface area (Å²) in [7, 11) is 0. The average molecular weight is 274 g/mol. The van der Waals surface area contributed by atoms with Gasteiger partial charge in [-0.1, -0.05) is 23.7 Å². The largest absolute Gasteiger partial charge is 0.316 e. The molecule has 3 rings (SSSR count). The molecule has 0 saturated heterocycles. The van der Waals surface area contributed by atoms with Crippen LogP contribution in [0.2, 0.25) is 5.02 Å². The Bertz CT molecular complexity index is 566. The zero-order valence-electron chi connectivity index (χ0n) is 10.7. The van der Waals surface area contributed by atoms with Crippen molar-refractivity contribution in [3.63, 3.8) is 0 Å². The van der Waals surface area contributed by atoms with E-state index in [4.69, 9.17) is 16.6 Å². The molecule has 1 aromatic carbocycles. The molecule has 0 fully saturated rings. The highest BCUT2D eigenvalue weighted by Gasteiger charge is 2.10. The second kappa shape index (κ2) is 5.68. The molecule has 0 saturated carbocycles. The summed E-state index contributed by atoms with van der Waals surface area (Å²) in [6, 6.07) is 7.87. The van der Waals surface area contributed by atoms with Crippen molar-refractivity contribution in [2.45, 2.75) is 19.3 Å². The molecule has 0 spiro atoms. The molecular formula is C15H16ClN3. The Morgan fingerprint density at radius 1 is 1.11 bits per heavy atom. The fourth-order valence-corrected chi connectivity index (χ4v) is 2.46. The standard InChI is InChI=1S/C15H16ClN3/c16-13-3-1-11(2-4-13)9-15-18-10-12-5-7-17-8-6-14(12)19-15/h1-4,10,17H,5-9H2. The lowest BCUT2D eigenvalue weighted by molar-refractivity contribution is 0.708. The maximum atomic E-state index is 5.89. The molecule has 0 atom stereocenters. The van der Waals surface area contributed by atoms with Crippen LogP contribution in [0.4, 0.5) is 0 Å². The predicted octanol–water partition coefficient (Wildman–Crippen LogP) is 2.41. The molecule has 2 heterocycles. The maximum absolute atomic E-state index is 5.89. The van der Waals surface area contributed by atoms with Gasteiger partial charge in [-0.25, -0.2) is 9.97 Å². The highest BCUT2D eigenvalue weighted by atomic mass is 35.5. The number of fused-ring (bicyclic) bond motifs is 1. The minimum Gasteiger partial charge on any atom is -0.316 e. The van der Waals surface area contributed by atoms with E-state index in [0.717, 1.165) is 43.2 Å². The number of benzene rings is 1. The molecule has 4 heteroatoms. The first-order chi connectivity index (χ1) is 9.31. The molecule has 0 aliphatic carbocycles. The van der Waals surface area contributed by atoms with Crippen LogP contribution in [0.15, 0.2) is 30.5 Å². The smallest absolute Gasteiger partial charge is 0.132 e. The van der Waals surface area contributed by atoms with E-state index >= 15 is 0 Å². The first-order valence-corrected chi connectivity index (χ1v) is 6.98. The number of nitrogens with one attached hydrogen (secondary N) is 1. The molecule has 1 aliphatic rings. The Hall–Kier alpha value is -1.45. The van der Waals surface area contributed by atoms with E-state index in [0.29, 0.717) is 0 Å². The van der Waals surface area contributed by atoms with Crippen molar-refractivity contribution in [1.29, 1.82) is 0 Å². The minimum atomic E-state index is 0.762. The van der Waals surface area contributed by atoms with Gasteiger partial charge >= 0.3 is 0 Å². The number of aromatic nitrogens is 2. The van der Waals surface area contributed by atoms with Crippen molar-refractivity contribution in [2.75, 3.05) is 13.1 Å². The monoisotopic (exact) mass is 273 g/mol. The third-order valence-electron chi connectivity index (χ3n) is 3.39. The number of nitrogens with zero attached hydrogens (tertiary/aromatic N) is 2. The molecule has 19 heavy (non-hydrogen) atoms. The Balaban J connectivity index is 1.81. The lowest BCUT2D eigenvalue weighted by Gasteiger charge is -2.06. The van der Waals surface area contributed by atoms with Crippen molar-refractivity contribution in [1.82, 2.24) is 15.3 Å². The van der Waals surface area contributed by atoms with Gasteiger partial charge in [-0.15, -0.1) is 0 Å². The fraction of sp³-hybridized carbons (Fsp3) is 0.333. The van der Waals surface area contributed by atoms with Crippen LogP contribution in [0.5, 0.6) is 0 Å². The van der Waals surface area contributed by atoms with Gasteiger partial charge in [0.2, 0.25) is 0 Å². The van der Waals surface area contributed by atoms with E-state index in [9.17, 15) is 0 Å². The Morgan fingerprint density at radius 3 is 2.74 bits per heavy atom. The van der Waals surface area contributed by atoms with Gasteiger partial charge in [-0.05, 0) is 36.2 Å². The van der Waals surface area contributed by atoms with E-state index in [-0.39, 0.29) is 0 Å². The van der Waals surface area contributed by atoms with Crippen molar-refractivity contribution in [2.24, 2.45) is 0 Å². The zero-order valence-corrected chi connectivity index (χ0v) is 11.5. The van der Waals surface area contributed by atoms with Gasteiger partial charge in [0.15, 0.2) is 0 Å². The summed E-state index contributed by atoms with van der Waals surface area (Å²) >= 11 is 5.89. The summed E-state index contributed by atoms with van der Waals surface area (Å²) in [5, 5.41) is 4.15. The highest BCUT2D eigenvalue weighted by Crippen LogP contribution is 2.14. The predicted molar refractivity (Wildman–Crippen MR) is 76.6 cm³/mol. The third-order valence-corrected chi connectivity index (χ3v) is 3.64. The van der Waals surface area contributed by atoms with E-state index in [2.05, 4.69) is 10.3 Å². The molecule has 1 aromatic heterocycles. The molecule has 0 unspecified atom stereocenters. The molecule has 0 bridgehead atoms. The third kappa shape index (κ3) is 3.11. The molecule has 0 amide bonds. The van der Waals surface area contributed by atoms with Crippen LogP contribution in [-0.2, 0) is 19.3 Å². The van der Waals surface area contributed by atoms with Crippen molar-refractivity contribution in [3.8, 4) is 0 Å². The molecule has 98 valence electrons. The van der Waals surface area contributed by atoms with Crippen LogP contribution in [-0.4, -0.2) is 23.1 Å². The first-order valence-electron chi connectivity index (χ1n) is 6.60. The summed E-state index contributed by atoms with van der Waals surface area (Å²) in [6.45, 7) is 2.03. The summed E-state index contributed by atoms with van der Waals surface area (Å²) in [6.07, 6.45) is 4.76. The zero-order chi connectivity index (χ0) is 13.1. The van der Waals surface area contributed by atoms with Gasteiger partial charge in [0.25, 0.3) is 0 Å². The maximum Gasteiger partial charge on any atom is 0.132 e. The lowest BCUT2D eigenvalue weighted by atomic mass is 10.1. The van der Waals surface area contributed by atoms with Crippen LogP contribution in [0.3, 0.4) is 0 Å². The topological polar surface area (TPSA) is 37.8 Å². The Labute approximate surface area is 118 Å². The molecule has 1 aliphatic heterocycles. The molecule has 0 radical (unpaired) electrons. The van der Waals surface area contributed by atoms with Crippen molar-refractivity contribution >= 4 is 11.6 Å². The number of hydrogen-bond acceptors (Lipinski definition) is 3.